The van der Waals surface area contributed by atoms with Crippen LogP contribution >= 0.6 is 27.3 Å². The molecule has 3 heterocycles. The lowest BCUT2D eigenvalue weighted by atomic mass is 10.00. The molecule has 1 aliphatic rings. The minimum Gasteiger partial charge on any atom is -0.333 e. The van der Waals surface area contributed by atoms with Gasteiger partial charge in [0.05, 0.1) is 14.7 Å². The minimum atomic E-state index is -0.258. The van der Waals surface area contributed by atoms with Crippen molar-refractivity contribution in [1.29, 1.82) is 0 Å². The van der Waals surface area contributed by atoms with Crippen LogP contribution in [0, 0.1) is 5.82 Å². The summed E-state index contributed by atoms with van der Waals surface area (Å²) in [5.41, 5.74) is 5.19. The number of nitrogens with zero attached hydrogens (tertiary/aromatic N) is 2. The normalized spacial score (nSPS) is 13.7. The molecule has 0 fully saturated rings. The van der Waals surface area contributed by atoms with Crippen molar-refractivity contribution in [1.82, 2.24) is 9.47 Å². The molecule has 0 atom stereocenters. The Bertz CT molecular complexity index is 1210. The predicted octanol–water partition coefficient (Wildman–Crippen LogP) is 5.85. The van der Waals surface area contributed by atoms with Gasteiger partial charge in [0.2, 0.25) is 0 Å². The molecule has 0 bridgehead atoms. The summed E-state index contributed by atoms with van der Waals surface area (Å²) in [6.07, 6.45) is 0.874. The number of hydrogen-bond acceptors (Lipinski definition) is 2. The highest BCUT2D eigenvalue weighted by Gasteiger charge is 2.26. The van der Waals surface area contributed by atoms with E-state index in [-0.39, 0.29) is 11.7 Å². The van der Waals surface area contributed by atoms with Gasteiger partial charge < -0.3 is 9.47 Å². The van der Waals surface area contributed by atoms with Gasteiger partial charge in [-0.2, -0.15) is 0 Å². The number of amides is 1. The maximum atomic E-state index is 13.5. The molecule has 0 radical (unpaired) electrons. The smallest absolute Gasteiger partial charge is 0.270 e. The van der Waals surface area contributed by atoms with Crippen molar-refractivity contribution in [3.63, 3.8) is 0 Å². The molecular weight excluding hydrogens is 451 g/mol. The summed E-state index contributed by atoms with van der Waals surface area (Å²) in [6.45, 7) is 1.86. The summed E-state index contributed by atoms with van der Waals surface area (Å²) in [7, 11) is 0. The molecule has 5 rings (SSSR count). The van der Waals surface area contributed by atoms with Crippen LogP contribution in [0.1, 0.15) is 27.2 Å². The molecule has 3 nitrogen and oxygen atoms in total. The summed E-state index contributed by atoms with van der Waals surface area (Å²) in [4.78, 5) is 15.4. The van der Waals surface area contributed by atoms with Crippen molar-refractivity contribution < 1.29 is 9.18 Å². The predicted molar refractivity (Wildman–Crippen MR) is 118 cm³/mol. The summed E-state index contributed by atoms with van der Waals surface area (Å²) < 4.78 is 17.4. The molecule has 1 amide bonds. The van der Waals surface area contributed by atoms with Crippen LogP contribution in [0.25, 0.3) is 10.2 Å². The van der Waals surface area contributed by atoms with Crippen molar-refractivity contribution in [2.24, 2.45) is 0 Å². The van der Waals surface area contributed by atoms with Gasteiger partial charge in [0.15, 0.2) is 0 Å². The number of carbonyl (C=O) groups excluding carboxylic acids is 1. The summed E-state index contributed by atoms with van der Waals surface area (Å²) >= 11 is 5.24. The fraction of sp³-hybridized carbons (Fsp3) is 0.174. The SMILES string of the molecule is O=C(c1cc2scc(Br)c2n1Cc1ccc(F)cc1)N1CCc2ccccc2C1. The second kappa shape index (κ2) is 7.43. The average Bonchev–Trinajstić information content (AvgIpc) is 3.29. The van der Waals surface area contributed by atoms with E-state index < -0.39 is 0 Å². The maximum Gasteiger partial charge on any atom is 0.270 e. The number of fused-ring (bicyclic) bond motifs is 2. The van der Waals surface area contributed by atoms with Gasteiger partial charge in [0.1, 0.15) is 11.5 Å². The zero-order chi connectivity index (χ0) is 20.0. The molecule has 0 saturated carbocycles. The lowest BCUT2D eigenvalue weighted by molar-refractivity contribution is 0.0724. The molecule has 0 spiro atoms. The van der Waals surface area contributed by atoms with Crippen molar-refractivity contribution in [2.75, 3.05) is 6.54 Å². The van der Waals surface area contributed by atoms with Gasteiger partial charge in [-0.3, -0.25) is 4.79 Å². The van der Waals surface area contributed by atoms with Gasteiger partial charge in [-0.1, -0.05) is 36.4 Å². The van der Waals surface area contributed by atoms with Gasteiger partial charge in [-0.25, -0.2) is 4.39 Å². The first-order chi connectivity index (χ1) is 14.1. The molecule has 4 aromatic rings. The first kappa shape index (κ1) is 18.6. The van der Waals surface area contributed by atoms with E-state index in [1.54, 1.807) is 23.5 Å². The Kier molecular flexibility index (Phi) is 4.76. The Morgan fingerprint density at radius 1 is 1.10 bits per heavy atom. The van der Waals surface area contributed by atoms with E-state index in [1.807, 2.05) is 27.0 Å². The number of halogens is 2. The molecule has 0 saturated heterocycles. The van der Waals surface area contributed by atoms with E-state index in [9.17, 15) is 9.18 Å². The van der Waals surface area contributed by atoms with Crippen LogP contribution in [0.15, 0.2) is 64.5 Å². The largest absolute Gasteiger partial charge is 0.333 e. The van der Waals surface area contributed by atoms with E-state index in [2.05, 4.69) is 34.1 Å². The van der Waals surface area contributed by atoms with Crippen LogP contribution in [-0.4, -0.2) is 21.9 Å². The molecule has 0 aliphatic carbocycles. The minimum absolute atomic E-state index is 0.0388. The second-order valence-corrected chi connectivity index (χ2v) is 9.05. The number of benzene rings is 2. The zero-order valence-corrected chi connectivity index (χ0v) is 18.0. The number of thiophene rings is 1. The van der Waals surface area contributed by atoms with Crippen LogP contribution in [0.4, 0.5) is 4.39 Å². The molecule has 6 heteroatoms. The third-order valence-electron chi connectivity index (χ3n) is 5.47. The van der Waals surface area contributed by atoms with Crippen LogP contribution in [0.5, 0.6) is 0 Å². The van der Waals surface area contributed by atoms with E-state index in [0.29, 0.717) is 25.3 Å². The first-order valence-corrected chi connectivity index (χ1v) is 11.1. The Morgan fingerprint density at radius 2 is 1.86 bits per heavy atom. The van der Waals surface area contributed by atoms with Crippen LogP contribution < -0.4 is 0 Å². The number of hydrogen-bond donors (Lipinski definition) is 0. The summed E-state index contributed by atoms with van der Waals surface area (Å²) in [6, 6.07) is 16.8. The highest BCUT2D eigenvalue weighted by molar-refractivity contribution is 9.10. The number of aromatic nitrogens is 1. The number of carbonyl (C=O) groups is 1. The second-order valence-electron chi connectivity index (χ2n) is 7.28. The third kappa shape index (κ3) is 3.40. The fourth-order valence-corrected chi connectivity index (χ4v) is 5.67. The van der Waals surface area contributed by atoms with Crippen molar-refractivity contribution in [3.8, 4) is 0 Å². The number of rotatable bonds is 3. The standard InChI is InChI=1S/C23H18BrFN2OS/c24-19-14-29-21-11-20(27(22(19)21)12-15-5-7-18(25)8-6-15)23(28)26-10-9-16-3-1-2-4-17(16)13-26/h1-8,11,14H,9-10,12-13H2. The molecule has 0 unspecified atom stereocenters. The van der Waals surface area contributed by atoms with Gasteiger partial charge >= 0.3 is 0 Å². The topological polar surface area (TPSA) is 25.2 Å². The fourth-order valence-electron chi connectivity index (χ4n) is 3.98. The molecule has 2 aromatic carbocycles. The summed E-state index contributed by atoms with van der Waals surface area (Å²) in [5, 5.41) is 2.04. The highest BCUT2D eigenvalue weighted by atomic mass is 79.9. The monoisotopic (exact) mass is 468 g/mol. The van der Waals surface area contributed by atoms with Crippen molar-refractivity contribution in [3.05, 3.63) is 92.7 Å². The Hall–Kier alpha value is -2.44. The Morgan fingerprint density at radius 3 is 2.66 bits per heavy atom. The van der Waals surface area contributed by atoms with Gasteiger partial charge in [0.25, 0.3) is 5.91 Å². The van der Waals surface area contributed by atoms with Gasteiger partial charge in [0, 0.05) is 25.0 Å². The molecular formula is C23H18BrFN2OS. The average molecular weight is 469 g/mol. The molecule has 1 aliphatic heterocycles. The van der Waals surface area contributed by atoms with Crippen LogP contribution in [0.2, 0.25) is 0 Å². The summed E-state index contributed by atoms with van der Waals surface area (Å²) in [5.74, 6) is -0.219. The maximum absolute atomic E-state index is 13.5. The quantitative estimate of drug-likeness (QED) is 0.370. The lowest BCUT2D eigenvalue weighted by Gasteiger charge is -2.29. The van der Waals surface area contributed by atoms with Crippen molar-refractivity contribution >= 4 is 43.4 Å². The van der Waals surface area contributed by atoms with E-state index in [0.717, 1.165) is 26.7 Å². The first-order valence-electron chi connectivity index (χ1n) is 9.47. The van der Waals surface area contributed by atoms with Gasteiger partial charge in [-0.05, 0) is 57.2 Å². The van der Waals surface area contributed by atoms with E-state index in [1.165, 1.54) is 23.3 Å². The Balaban J connectivity index is 1.53. The molecule has 146 valence electrons. The molecule has 2 aromatic heterocycles. The Labute approximate surface area is 180 Å². The van der Waals surface area contributed by atoms with Crippen LogP contribution in [-0.2, 0) is 19.5 Å². The third-order valence-corrected chi connectivity index (χ3v) is 7.29. The van der Waals surface area contributed by atoms with E-state index in [4.69, 9.17) is 0 Å². The molecule has 29 heavy (non-hydrogen) atoms. The van der Waals surface area contributed by atoms with Crippen molar-refractivity contribution in [2.45, 2.75) is 19.5 Å². The lowest BCUT2D eigenvalue weighted by Crippen LogP contribution is -2.37. The van der Waals surface area contributed by atoms with E-state index >= 15 is 0 Å². The molecule has 0 N–H and O–H groups in total. The van der Waals surface area contributed by atoms with Crippen LogP contribution in [0.3, 0.4) is 0 Å². The van der Waals surface area contributed by atoms with Gasteiger partial charge in [-0.15, -0.1) is 11.3 Å². The highest BCUT2D eigenvalue weighted by Crippen LogP contribution is 2.34. The zero-order valence-electron chi connectivity index (χ0n) is 15.6.